The zero-order valence-electron chi connectivity index (χ0n) is 16.5. The number of pyridine rings is 1. The van der Waals surface area contributed by atoms with Crippen LogP contribution in [0.25, 0.3) is 27.8 Å². The predicted octanol–water partition coefficient (Wildman–Crippen LogP) is 5.15. The first-order chi connectivity index (χ1) is 15.1. The molecule has 0 bridgehead atoms. The molecule has 0 amide bonds. The van der Waals surface area contributed by atoms with E-state index >= 15 is 0 Å². The molecule has 0 unspecified atom stereocenters. The van der Waals surface area contributed by atoms with Crippen LogP contribution in [0.15, 0.2) is 53.1 Å². The van der Waals surface area contributed by atoms with Gasteiger partial charge in [0.25, 0.3) is 0 Å². The number of halogens is 1. The van der Waals surface area contributed by atoms with Crippen LogP contribution in [0.2, 0.25) is 5.02 Å². The summed E-state index contributed by atoms with van der Waals surface area (Å²) in [5, 5.41) is 18.5. The number of fused-ring (bicyclic) bond motifs is 2. The average Bonchev–Trinajstić information content (AvgIpc) is 3.36. The average molecular weight is 431 g/mol. The summed E-state index contributed by atoms with van der Waals surface area (Å²) in [4.78, 5) is 9.14. The fourth-order valence-corrected chi connectivity index (χ4v) is 3.59. The summed E-state index contributed by atoms with van der Waals surface area (Å²) in [6.45, 7) is 1.99. The van der Waals surface area contributed by atoms with E-state index in [-0.39, 0.29) is 6.01 Å². The molecule has 0 atom stereocenters. The first kappa shape index (κ1) is 18.9. The van der Waals surface area contributed by atoms with Gasteiger partial charge in [-0.1, -0.05) is 23.7 Å². The molecule has 0 aliphatic heterocycles. The summed E-state index contributed by atoms with van der Waals surface area (Å²) in [6, 6.07) is 15.2. The normalized spacial score (nSPS) is 11.0. The number of benzene rings is 2. The van der Waals surface area contributed by atoms with E-state index in [1.165, 1.54) is 6.20 Å². The Bertz CT molecular complexity index is 1500. The third-order valence-corrected chi connectivity index (χ3v) is 5.13. The van der Waals surface area contributed by atoms with Crippen LogP contribution in [0.4, 0.5) is 11.8 Å². The monoisotopic (exact) mass is 430 g/mol. The van der Waals surface area contributed by atoms with Crippen molar-refractivity contribution in [2.45, 2.75) is 6.92 Å². The largest absolute Gasteiger partial charge is 0.494 e. The van der Waals surface area contributed by atoms with Crippen molar-refractivity contribution in [3.05, 3.63) is 64.8 Å². The third kappa shape index (κ3) is 3.21. The molecule has 2 aromatic carbocycles. The Morgan fingerprint density at radius 2 is 2.06 bits per heavy atom. The molecule has 0 spiro atoms. The Labute approximate surface area is 181 Å². The van der Waals surface area contributed by atoms with Gasteiger partial charge in [0.05, 0.1) is 13.3 Å². The Kier molecular flexibility index (Phi) is 4.46. The van der Waals surface area contributed by atoms with Crippen molar-refractivity contribution in [1.29, 1.82) is 5.26 Å². The van der Waals surface area contributed by atoms with Crippen LogP contribution in [-0.4, -0.2) is 26.9 Å². The van der Waals surface area contributed by atoms with Crippen LogP contribution in [0, 0.1) is 18.3 Å². The number of oxazole rings is 1. The number of hydrogen-bond donors (Lipinski definition) is 1. The number of nitrogens with zero attached hydrogens (tertiary/aromatic N) is 5. The summed E-state index contributed by atoms with van der Waals surface area (Å²) < 4.78 is 12.8. The molecule has 9 heteroatoms. The highest BCUT2D eigenvalue weighted by Gasteiger charge is 2.18. The first-order valence-corrected chi connectivity index (χ1v) is 9.71. The van der Waals surface area contributed by atoms with Crippen molar-refractivity contribution in [1.82, 2.24) is 19.7 Å². The molecule has 0 aliphatic rings. The quantitative estimate of drug-likeness (QED) is 0.420. The van der Waals surface area contributed by atoms with E-state index < -0.39 is 0 Å². The number of aryl methyl sites for hydroxylation is 1. The SMILES string of the molecule is COc1cccc2c(C)cc(-n3ncc(C#N)c3Nc3nc4cc(Cl)ccc4o3)nc12. The molecule has 5 aromatic rings. The van der Waals surface area contributed by atoms with Crippen molar-refractivity contribution >= 4 is 45.4 Å². The summed E-state index contributed by atoms with van der Waals surface area (Å²) in [5.74, 6) is 1.57. The second-order valence-corrected chi connectivity index (χ2v) is 7.28. The maximum atomic E-state index is 9.59. The minimum Gasteiger partial charge on any atom is -0.494 e. The fraction of sp³-hybridized carbons (Fsp3) is 0.0909. The van der Waals surface area contributed by atoms with Gasteiger partial charge in [-0.15, -0.1) is 0 Å². The number of aromatic nitrogens is 4. The Morgan fingerprint density at radius 3 is 2.87 bits per heavy atom. The maximum absolute atomic E-state index is 9.59. The van der Waals surface area contributed by atoms with Crippen molar-refractivity contribution in [2.24, 2.45) is 0 Å². The van der Waals surface area contributed by atoms with Crippen LogP contribution < -0.4 is 10.1 Å². The lowest BCUT2D eigenvalue weighted by Crippen LogP contribution is -2.06. The first-order valence-electron chi connectivity index (χ1n) is 9.33. The molecule has 0 aliphatic carbocycles. The standard InChI is InChI=1S/C22H15ClN6O2/c1-12-8-19(27-20-15(12)4-3-5-18(20)30-2)29-21(13(10-24)11-25-29)28-22-26-16-9-14(23)6-7-17(16)31-22/h3-9,11H,1-2H3,(H,26,28). The zero-order chi connectivity index (χ0) is 21.5. The van der Waals surface area contributed by atoms with Crippen LogP contribution in [0.1, 0.15) is 11.1 Å². The van der Waals surface area contributed by atoms with Gasteiger partial charge < -0.3 is 9.15 Å². The molecule has 0 fully saturated rings. The highest BCUT2D eigenvalue weighted by molar-refractivity contribution is 6.31. The molecule has 0 radical (unpaired) electrons. The molecular formula is C22H15ClN6O2. The van der Waals surface area contributed by atoms with Crippen molar-refractivity contribution in [2.75, 3.05) is 12.4 Å². The van der Waals surface area contributed by atoms with E-state index in [2.05, 4.69) is 21.5 Å². The van der Waals surface area contributed by atoms with Gasteiger partial charge in [-0.3, -0.25) is 5.32 Å². The molecule has 3 heterocycles. The van der Waals surface area contributed by atoms with Crippen molar-refractivity contribution in [3.63, 3.8) is 0 Å². The highest BCUT2D eigenvalue weighted by atomic mass is 35.5. The number of rotatable bonds is 4. The predicted molar refractivity (Wildman–Crippen MR) is 117 cm³/mol. The molecule has 5 rings (SSSR count). The summed E-state index contributed by atoms with van der Waals surface area (Å²) in [7, 11) is 1.60. The van der Waals surface area contributed by atoms with E-state index in [1.54, 1.807) is 30.0 Å². The summed E-state index contributed by atoms with van der Waals surface area (Å²) in [6.07, 6.45) is 1.46. The lowest BCUT2D eigenvalue weighted by atomic mass is 10.1. The number of methoxy groups -OCH3 is 1. The number of anilines is 2. The van der Waals surface area contributed by atoms with Gasteiger partial charge in [0.2, 0.25) is 0 Å². The Hall–Kier alpha value is -4.09. The minimum atomic E-state index is 0.214. The Balaban J connectivity index is 1.64. The molecular weight excluding hydrogens is 416 g/mol. The molecule has 0 saturated carbocycles. The van der Waals surface area contributed by atoms with Crippen LogP contribution >= 0.6 is 11.6 Å². The molecule has 152 valence electrons. The van der Waals surface area contributed by atoms with E-state index in [9.17, 15) is 5.26 Å². The lowest BCUT2D eigenvalue weighted by molar-refractivity contribution is 0.419. The van der Waals surface area contributed by atoms with E-state index in [0.717, 1.165) is 10.9 Å². The van der Waals surface area contributed by atoms with Gasteiger partial charge in [-0.05, 0) is 42.8 Å². The number of hydrogen-bond acceptors (Lipinski definition) is 7. The number of para-hydroxylation sites is 1. The van der Waals surface area contributed by atoms with Crippen LogP contribution in [0.5, 0.6) is 5.75 Å². The number of nitrogens with one attached hydrogen (secondary N) is 1. The van der Waals surface area contributed by atoms with Crippen molar-refractivity contribution < 1.29 is 9.15 Å². The summed E-state index contributed by atoms with van der Waals surface area (Å²) in [5.41, 5.74) is 3.19. The molecule has 1 N–H and O–H groups in total. The molecule has 31 heavy (non-hydrogen) atoms. The third-order valence-electron chi connectivity index (χ3n) is 4.90. The second-order valence-electron chi connectivity index (χ2n) is 6.84. The number of ether oxygens (including phenoxy) is 1. The molecule has 3 aromatic heterocycles. The smallest absolute Gasteiger partial charge is 0.301 e. The van der Waals surface area contributed by atoms with Gasteiger partial charge in [0, 0.05) is 10.4 Å². The van der Waals surface area contributed by atoms with Gasteiger partial charge in [0.1, 0.15) is 28.4 Å². The lowest BCUT2D eigenvalue weighted by Gasteiger charge is -2.12. The van der Waals surface area contributed by atoms with Crippen molar-refractivity contribution in [3.8, 4) is 17.6 Å². The van der Waals surface area contributed by atoms with Gasteiger partial charge >= 0.3 is 6.01 Å². The minimum absolute atomic E-state index is 0.214. The topological polar surface area (TPSA) is 102 Å². The Morgan fingerprint density at radius 1 is 1.19 bits per heavy atom. The summed E-state index contributed by atoms with van der Waals surface area (Å²) >= 11 is 6.03. The number of nitriles is 1. The van der Waals surface area contributed by atoms with Crippen LogP contribution in [-0.2, 0) is 0 Å². The van der Waals surface area contributed by atoms with Crippen LogP contribution in [0.3, 0.4) is 0 Å². The van der Waals surface area contributed by atoms with Gasteiger partial charge in [-0.25, -0.2) is 4.98 Å². The van der Waals surface area contributed by atoms with E-state index in [0.29, 0.717) is 44.6 Å². The zero-order valence-corrected chi connectivity index (χ0v) is 17.3. The van der Waals surface area contributed by atoms with Gasteiger partial charge in [0.15, 0.2) is 17.2 Å². The maximum Gasteiger partial charge on any atom is 0.301 e. The second kappa shape index (κ2) is 7.31. The van der Waals surface area contributed by atoms with E-state index in [4.69, 9.17) is 25.7 Å². The van der Waals surface area contributed by atoms with E-state index in [1.807, 2.05) is 31.2 Å². The van der Waals surface area contributed by atoms with Gasteiger partial charge in [-0.2, -0.15) is 20.0 Å². The highest BCUT2D eigenvalue weighted by Crippen LogP contribution is 2.30. The fourth-order valence-electron chi connectivity index (χ4n) is 3.43. The molecule has 8 nitrogen and oxygen atoms in total. The molecule has 0 saturated heterocycles.